The molecular formula is C10H23OSi. The van der Waals surface area contributed by atoms with Crippen LogP contribution in [0.3, 0.4) is 0 Å². The van der Waals surface area contributed by atoms with Crippen LogP contribution in [0.5, 0.6) is 0 Å². The minimum Gasteiger partial charge on any atom is -0.417 e. The maximum atomic E-state index is 5.93. The Morgan fingerprint density at radius 3 is 2.08 bits per heavy atom. The highest BCUT2D eigenvalue weighted by Gasteiger charge is 2.36. The minimum absolute atomic E-state index is 0.341. The number of rotatable bonds is 4. The molecule has 1 nitrogen and oxygen atoms in total. The third kappa shape index (κ3) is 3.72. The Morgan fingerprint density at radius 2 is 1.75 bits per heavy atom. The second-order valence-electron chi connectivity index (χ2n) is 4.82. The molecule has 0 aliphatic rings. The van der Waals surface area contributed by atoms with Crippen molar-refractivity contribution in [3.8, 4) is 0 Å². The molecule has 0 bridgehead atoms. The number of unbranched alkanes of at least 4 members (excludes halogenated alkanes) is 1. The van der Waals surface area contributed by atoms with E-state index in [4.69, 9.17) is 4.43 Å². The molecule has 0 saturated heterocycles. The number of hydrogen-bond acceptors (Lipinski definition) is 1. The van der Waals surface area contributed by atoms with Gasteiger partial charge >= 0.3 is 0 Å². The van der Waals surface area contributed by atoms with Crippen LogP contribution < -0.4 is 0 Å². The highest BCUT2D eigenvalue weighted by Crippen LogP contribution is 2.36. The fraction of sp³-hybridized carbons (Fsp3) is 0.900. The van der Waals surface area contributed by atoms with Crippen LogP contribution in [0.15, 0.2) is 0 Å². The molecule has 0 spiro atoms. The van der Waals surface area contributed by atoms with Gasteiger partial charge in [0.05, 0.1) is 0 Å². The molecular weight excluding hydrogens is 164 g/mol. The molecule has 73 valence electrons. The second-order valence-corrected chi connectivity index (χ2v) is 9.63. The summed E-state index contributed by atoms with van der Waals surface area (Å²) in [6.07, 6.45) is 2.07. The average molecular weight is 187 g/mol. The summed E-state index contributed by atoms with van der Waals surface area (Å²) in [7, 11) is -1.47. The normalized spacial score (nSPS) is 13.5. The summed E-state index contributed by atoms with van der Waals surface area (Å²) in [5, 5.41) is 0.341. The molecule has 0 fully saturated rings. The highest BCUT2D eigenvalue weighted by atomic mass is 28.4. The van der Waals surface area contributed by atoms with Crippen molar-refractivity contribution in [1.29, 1.82) is 0 Å². The van der Waals surface area contributed by atoms with E-state index in [-0.39, 0.29) is 0 Å². The van der Waals surface area contributed by atoms with E-state index < -0.39 is 8.32 Å². The Labute approximate surface area is 78.6 Å². The van der Waals surface area contributed by atoms with Gasteiger partial charge in [0.2, 0.25) is 0 Å². The molecule has 12 heavy (non-hydrogen) atoms. The fourth-order valence-electron chi connectivity index (χ4n) is 0.646. The van der Waals surface area contributed by atoms with Gasteiger partial charge < -0.3 is 4.43 Å². The van der Waals surface area contributed by atoms with Gasteiger partial charge in [-0.3, -0.25) is 0 Å². The Bertz CT molecular complexity index is 124. The van der Waals surface area contributed by atoms with Gasteiger partial charge in [-0.15, -0.1) is 0 Å². The topological polar surface area (TPSA) is 9.23 Å². The van der Waals surface area contributed by atoms with Crippen LogP contribution in [0.2, 0.25) is 18.1 Å². The molecule has 2 heteroatoms. The van der Waals surface area contributed by atoms with Crippen molar-refractivity contribution >= 4 is 8.32 Å². The monoisotopic (exact) mass is 187 g/mol. The van der Waals surface area contributed by atoms with Crippen molar-refractivity contribution in [3.63, 3.8) is 0 Å². The molecule has 0 amide bonds. The predicted molar refractivity (Wildman–Crippen MR) is 57.7 cm³/mol. The van der Waals surface area contributed by atoms with Crippen molar-refractivity contribution in [2.24, 2.45) is 0 Å². The molecule has 0 aromatic rings. The van der Waals surface area contributed by atoms with Crippen LogP contribution in [0, 0.1) is 6.92 Å². The van der Waals surface area contributed by atoms with Gasteiger partial charge in [-0.25, -0.2) is 0 Å². The smallest absolute Gasteiger partial charge is 0.191 e. The lowest BCUT2D eigenvalue weighted by atomic mass is 10.2. The lowest BCUT2D eigenvalue weighted by molar-refractivity contribution is 0.283. The van der Waals surface area contributed by atoms with Gasteiger partial charge in [0.25, 0.3) is 0 Å². The van der Waals surface area contributed by atoms with Gasteiger partial charge in [-0.05, 0) is 24.6 Å². The molecule has 1 radical (unpaired) electrons. The quantitative estimate of drug-likeness (QED) is 0.482. The molecule has 0 atom stereocenters. The largest absolute Gasteiger partial charge is 0.417 e. The van der Waals surface area contributed by atoms with E-state index in [9.17, 15) is 0 Å². The van der Waals surface area contributed by atoms with Crippen molar-refractivity contribution in [2.45, 2.75) is 51.7 Å². The van der Waals surface area contributed by atoms with Crippen molar-refractivity contribution in [3.05, 3.63) is 6.92 Å². The molecule has 0 aliphatic carbocycles. The maximum absolute atomic E-state index is 5.93. The third-order valence-corrected chi connectivity index (χ3v) is 7.20. The van der Waals surface area contributed by atoms with Crippen LogP contribution in [-0.2, 0) is 4.43 Å². The molecule has 0 N–H and O–H groups in total. The molecule has 0 aliphatic heterocycles. The van der Waals surface area contributed by atoms with E-state index in [2.05, 4.69) is 40.8 Å². The highest BCUT2D eigenvalue weighted by molar-refractivity contribution is 6.74. The van der Waals surface area contributed by atoms with Crippen LogP contribution in [-0.4, -0.2) is 14.9 Å². The van der Waals surface area contributed by atoms with Crippen LogP contribution in [0.25, 0.3) is 0 Å². The summed E-state index contributed by atoms with van der Waals surface area (Å²) >= 11 is 0. The van der Waals surface area contributed by atoms with E-state index in [1.165, 1.54) is 0 Å². The van der Waals surface area contributed by atoms with Crippen molar-refractivity contribution < 1.29 is 4.43 Å². The Hall–Kier alpha value is 0.177. The van der Waals surface area contributed by atoms with Gasteiger partial charge in [0, 0.05) is 6.61 Å². The Balaban J connectivity index is 3.88. The summed E-state index contributed by atoms with van der Waals surface area (Å²) in [5.41, 5.74) is 0. The maximum Gasteiger partial charge on any atom is 0.191 e. The first-order valence-electron chi connectivity index (χ1n) is 4.74. The van der Waals surface area contributed by atoms with E-state index >= 15 is 0 Å². The molecule has 0 unspecified atom stereocenters. The van der Waals surface area contributed by atoms with E-state index in [1.807, 2.05) is 0 Å². The first kappa shape index (κ1) is 12.2. The van der Waals surface area contributed by atoms with Gasteiger partial charge in [-0.1, -0.05) is 34.1 Å². The van der Waals surface area contributed by atoms with Gasteiger partial charge in [-0.2, -0.15) is 0 Å². The molecule has 0 aromatic carbocycles. The standard InChI is InChI=1S/C10H23OSi/c1-7-8-9-11-12(5,6)10(2,3)4/h1,7-9H2,2-6H3. The summed E-state index contributed by atoms with van der Waals surface area (Å²) in [6.45, 7) is 16.1. The average Bonchev–Trinajstić information content (AvgIpc) is 1.85. The Morgan fingerprint density at radius 1 is 1.25 bits per heavy atom. The molecule has 0 saturated carbocycles. The van der Waals surface area contributed by atoms with Crippen LogP contribution in [0.4, 0.5) is 0 Å². The third-order valence-electron chi connectivity index (χ3n) is 2.66. The second kappa shape index (κ2) is 4.42. The first-order valence-corrected chi connectivity index (χ1v) is 7.65. The summed E-state index contributed by atoms with van der Waals surface area (Å²) in [5.74, 6) is 0. The van der Waals surface area contributed by atoms with E-state index in [0.717, 1.165) is 19.4 Å². The van der Waals surface area contributed by atoms with Crippen molar-refractivity contribution in [2.75, 3.05) is 6.61 Å². The zero-order valence-electron chi connectivity index (χ0n) is 9.24. The summed E-state index contributed by atoms with van der Waals surface area (Å²) in [6, 6.07) is 0. The fourth-order valence-corrected chi connectivity index (χ4v) is 1.73. The summed E-state index contributed by atoms with van der Waals surface area (Å²) < 4.78 is 5.93. The first-order chi connectivity index (χ1) is 5.31. The molecule has 0 rings (SSSR count). The van der Waals surface area contributed by atoms with Crippen LogP contribution >= 0.6 is 0 Å². The summed E-state index contributed by atoms with van der Waals surface area (Å²) in [4.78, 5) is 0. The predicted octanol–water partition coefficient (Wildman–Crippen LogP) is 3.62. The Kier molecular flexibility index (Phi) is 4.49. The lowest BCUT2D eigenvalue weighted by Gasteiger charge is -2.36. The van der Waals surface area contributed by atoms with Crippen LogP contribution in [0.1, 0.15) is 33.6 Å². The number of hydrogen-bond donors (Lipinski definition) is 0. The SMILES string of the molecule is [CH2]CCCO[Si](C)(C)C(C)(C)C. The van der Waals surface area contributed by atoms with Crippen molar-refractivity contribution in [1.82, 2.24) is 0 Å². The van der Waals surface area contributed by atoms with E-state index in [0.29, 0.717) is 5.04 Å². The molecule has 0 aromatic heterocycles. The minimum atomic E-state index is -1.47. The zero-order valence-corrected chi connectivity index (χ0v) is 10.2. The zero-order chi connectivity index (χ0) is 9.83. The molecule has 0 heterocycles. The van der Waals surface area contributed by atoms with E-state index in [1.54, 1.807) is 0 Å². The lowest BCUT2D eigenvalue weighted by Crippen LogP contribution is -2.40. The van der Waals surface area contributed by atoms with Gasteiger partial charge in [0.1, 0.15) is 0 Å². The van der Waals surface area contributed by atoms with Gasteiger partial charge in [0.15, 0.2) is 8.32 Å².